The zero-order valence-corrected chi connectivity index (χ0v) is 14.9. The molecule has 1 unspecified atom stereocenters. The Hall–Kier alpha value is -1.18. The van der Waals surface area contributed by atoms with Crippen LogP contribution in [0.2, 0.25) is 0 Å². The first-order valence-electron chi connectivity index (χ1n) is 8.71. The second kappa shape index (κ2) is 11.4. The lowest BCUT2D eigenvalue weighted by Gasteiger charge is -2.23. The highest BCUT2D eigenvalue weighted by Gasteiger charge is 2.47. The van der Waals surface area contributed by atoms with Gasteiger partial charge in [0.25, 0.3) is 0 Å². The number of rotatable bonds is 11. The fourth-order valence-electron chi connectivity index (χ4n) is 2.66. The van der Waals surface area contributed by atoms with Crippen molar-refractivity contribution in [2.24, 2.45) is 0 Å². The molecule has 0 amide bonds. The van der Waals surface area contributed by atoms with Crippen molar-refractivity contribution in [1.29, 1.82) is 0 Å². The van der Waals surface area contributed by atoms with E-state index in [4.69, 9.17) is 18.9 Å². The zero-order valence-electron chi connectivity index (χ0n) is 14.9. The van der Waals surface area contributed by atoms with E-state index in [9.17, 15) is 14.7 Å². The molecule has 0 aromatic heterocycles. The summed E-state index contributed by atoms with van der Waals surface area (Å²) in [4.78, 5) is 22.2. The minimum Gasteiger partial charge on any atom is -0.463 e. The van der Waals surface area contributed by atoms with Gasteiger partial charge in [-0.1, -0.05) is 39.0 Å². The minimum atomic E-state index is -1.29. The van der Waals surface area contributed by atoms with Gasteiger partial charge in [0.05, 0.1) is 0 Å². The summed E-state index contributed by atoms with van der Waals surface area (Å²) in [5.41, 5.74) is 0. The van der Waals surface area contributed by atoms with Gasteiger partial charge in [-0.3, -0.25) is 9.59 Å². The predicted molar refractivity (Wildman–Crippen MR) is 86.2 cm³/mol. The van der Waals surface area contributed by atoms with Crippen LogP contribution in [-0.4, -0.2) is 54.9 Å². The summed E-state index contributed by atoms with van der Waals surface area (Å²) in [5.74, 6) is -0.970. The van der Waals surface area contributed by atoms with E-state index in [-0.39, 0.29) is 6.61 Å². The Morgan fingerprint density at radius 1 is 1.00 bits per heavy atom. The Morgan fingerprint density at radius 3 is 2.29 bits per heavy atom. The van der Waals surface area contributed by atoms with Crippen LogP contribution in [0.25, 0.3) is 0 Å². The summed E-state index contributed by atoms with van der Waals surface area (Å²) in [7, 11) is 0. The second-order valence-electron chi connectivity index (χ2n) is 6.04. The largest absolute Gasteiger partial charge is 0.463 e. The standard InChI is InChI=1S/C17H30O7/c1-4-5-6-7-8-9-10-21-15-14(11-22-12(2)18)24-17(20)16(15)23-13(3)19/h14-17,20H,4-11H2,1-3H3/t14-,15+,16-,17?/m1/s1. The molecule has 1 saturated heterocycles. The summed E-state index contributed by atoms with van der Waals surface area (Å²) in [6, 6.07) is 0. The summed E-state index contributed by atoms with van der Waals surface area (Å²) in [6.45, 7) is 5.15. The molecular formula is C17H30O7. The van der Waals surface area contributed by atoms with Gasteiger partial charge in [-0.25, -0.2) is 0 Å². The minimum absolute atomic E-state index is 0.0503. The molecule has 1 aliphatic rings. The predicted octanol–water partition coefficient (Wildman–Crippen LogP) is 1.94. The van der Waals surface area contributed by atoms with E-state index in [1.54, 1.807) is 0 Å². The molecule has 140 valence electrons. The molecule has 7 heteroatoms. The SMILES string of the molecule is CCCCCCCCO[C@H]1[C@@H](COC(C)=O)OC(O)[C@@H]1OC(C)=O. The maximum atomic E-state index is 11.2. The highest BCUT2D eigenvalue weighted by molar-refractivity contribution is 5.66. The van der Waals surface area contributed by atoms with E-state index in [0.29, 0.717) is 6.61 Å². The summed E-state index contributed by atoms with van der Waals surface area (Å²) in [6.07, 6.45) is 3.24. The highest BCUT2D eigenvalue weighted by atomic mass is 16.7. The summed E-state index contributed by atoms with van der Waals surface area (Å²) in [5, 5.41) is 9.92. The molecule has 7 nitrogen and oxygen atoms in total. The van der Waals surface area contributed by atoms with Crippen molar-refractivity contribution in [3.8, 4) is 0 Å². The third-order valence-electron chi connectivity index (χ3n) is 3.85. The molecule has 0 aromatic carbocycles. The van der Waals surface area contributed by atoms with Crippen LogP contribution < -0.4 is 0 Å². The molecule has 1 N–H and O–H groups in total. The number of aliphatic hydroxyl groups is 1. The van der Waals surface area contributed by atoms with E-state index >= 15 is 0 Å². The van der Waals surface area contributed by atoms with Crippen LogP contribution in [0.3, 0.4) is 0 Å². The quantitative estimate of drug-likeness (QED) is 0.451. The molecule has 0 spiro atoms. The Labute approximate surface area is 143 Å². The molecule has 0 aromatic rings. The molecular weight excluding hydrogens is 316 g/mol. The van der Waals surface area contributed by atoms with Crippen LogP contribution in [0.5, 0.6) is 0 Å². The van der Waals surface area contributed by atoms with Crippen molar-refractivity contribution in [1.82, 2.24) is 0 Å². The Bertz CT molecular complexity index is 385. The van der Waals surface area contributed by atoms with Gasteiger partial charge in [0.15, 0.2) is 12.4 Å². The van der Waals surface area contributed by atoms with Crippen molar-refractivity contribution in [3.63, 3.8) is 0 Å². The monoisotopic (exact) mass is 346 g/mol. The maximum Gasteiger partial charge on any atom is 0.303 e. The third-order valence-corrected chi connectivity index (χ3v) is 3.85. The lowest BCUT2D eigenvalue weighted by Crippen LogP contribution is -2.40. The highest BCUT2D eigenvalue weighted by Crippen LogP contribution is 2.26. The fraction of sp³-hybridized carbons (Fsp3) is 0.882. The fourth-order valence-corrected chi connectivity index (χ4v) is 2.66. The first-order chi connectivity index (χ1) is 11.5. The first kappa shape index (κ1) is 20.9. The third kappa shape index (κ3) is 7.59. The number of ether oxygens (including phenoxy) is 4. The molecule has 1 heterocycles. The Morgan fingerprint density at radius 2 is 1.67 bits per heavy atom. The van der Waals surface area contributed by atoms with Gasteiger partial charge in [-0.2, -0.15) is 0 Å². The van der Waals surface area contributed by atoms with Gasteiger partial charge >= 0.3 is 11.9 Å². The molecule has 24 heavy (non-hydrogen) atoms. The smallest absolute Gasteiger partial charge is 0.303 e. The van der Waals surface area contributed by atoms with Gasteiger partial charge in [0, 0.05) is 20.5 Å². The summed E-state index contributed by atoms with van der Waals surface area (Å²) >= 11 is 0. The van der Waals surface area contributed by atoms with E-state index in [2.05, 4.69) is 6.92 Å². The van der Waals surface area contributed by atoms with E-state index in [0.717, 1.165) is 19.3 Å². The number of aliphatic hydroxyl groups excluding tert-OH is 1. The molecule has 0 saturated carbocycles. The van der Waals surface area contributed by atoms with Gasteiger partial charge in [-0.15, -0.1) is 0 Å². The van der Waals surface area contributed by atoms with Crippen LogP contribution in [0, 0.1) is 0 Å². The van der Waals surface area contributed by atoms with Crippen LogP contribution in [0.4, 0.5) is 0 Å². The molecule has 1 fully saturated rings. The molecule has 1 rings (SSSR count). The van der Waals surface area contributed by atoms with Crippen LogP contribution in [-0.2, 0) is 28.5 Å². The second-order valence-corrected chi connectivity index (χ2v) is 6.04. The van der Waals surface area contributed by atoms with Crippen LogP contribution in [0.15, 0.2) is 0 Å². The van der Waals surface area contributed by atoms with Crippen molar-refractivity contribution in [2.75, 3.05) is 13.2 Å². The zero-order chi connectivity index (χ0) is 17.9. The lowest BCUT2D eigenvalue weighted by atomic mass is 10.1. The van der Waals surface area contributed by atoms with Crippen LogP contribution >= 0.6 is 0 Å². The van der Waals surface area contributed by atoms with Crippen molar-refractivity contribution < 1.29 is 33.6 Å². The van der Waals surface area contributed by atoms with Crippen molar-refractivity contribution >= 4 is 11.9 Å². The van der Waals surface area contributed by atoms with E-state index < -0.39 is 36.5 Å². The number of carbonyl (C=O) groups is 2. The van der Waals surface area contributed by atoms with Crippen molar-refractivity contribution in [2.45, 2.75) is 83.9 Å². The molecule has 4 atom stereocenters. The number of carbonyl (C=O) groups excluding carboxylic acids is 2. The number of esters is 2. The van der Waals surface area contributed by atoms with Gasteiger partial charge in [-0.05, 0) is 6.42 Å². The van der Waals surface area contributed by atoms with Gasteiger partial charge in [0.1, 0.15) is 18.8 Å². The van der Waals surface area contributed by atoms with E-state index in [1.807, 2.05) is 0 Å². The summed E-state index contributed by atoms with van der Waals surface area (Å²) < 4.78 is 21.1. The first-order valence-corrected chi connectivity index (χ1v) is 8.71. The number of unbranched alkanes of at least 4 members (excludes halogenated alkanes) is 5. The van der Waals surface area contributed by atoms with Gasteiger partial charge in [0.2, 0.25) is 0 Å². The average Bonchev–Trinajstić information content (AvgIpc) is 2.80. The van der Waals surface area contributed by atoms with E-state index in [1.165, 1.54) is 33.1 Å². The lowest BCUT2D eigenvalue weighted by molar-refractivity contribution is -0.172. The maximum absolute atomic E-state index is 11.2. The number of hydrogen-bond acceptors (Lipinski definition) is 7. The van der Waals surface area contributed by atoms with Crippen LogP contribution in [0.1, 0.15) is 59.3 Å². The topological polar surface area (TPSA) is 91.3 Å². The van der Waals surface area contributed by atoms with Gasteiger partial charge < -0.3 is 24.1 Å². The molecule has 1 aliphatic heterocycles. The normalized spacial score (nSPS) is 26.3. The number of hydrogen-bond donors (Lipinski definition) is 1. The Kier molecular flexibility index (Phi) is 9.90. The average molecular weight is 346 g/mol. The molecule has 0 bridgehead atoms. The Balaban J connectivity index is 2.46. The molecule has 0 radical (unpaired) electrons. The molecule has 0 aliphatic carbocycles. The van der Waals surface area contributed by atoms with Crippen molar-refractivity contribution in [3.05, 3.63) is 0 Å².